The van der Waals surface area contributed by atoms with Crippen LogP contribution in [0.5, 0.6) is 0 Å². The fourth-order valence-electron chi connectivity index (χ4n) is 1.62. The van der Waals surface area contributed by atoms with E-state index in [1.54, 1.807) is 12.4 Å². The van der Waals surface area contributed by atoms with Crippen molar-refractivity contribution in [1.29, 1.82) is 0 Å². The summed E-state index contributed by atoms with van der Waals surface area (Å²) in [5, 5.41) is 0. The predicted molar refractivity (Wildman–Crippen MR) is 59.0 cm³/mol. The van der Waals surface area contributed by atoms with E-state index in [1.807, 2.05) is 31.0 Å². The Bertz CT molecular complexity index is 313. The van der Waals surface area contributed by atoms with Crippen LogP contribution < -0.4 is 5.73 Å². The third-order valence-corrected chi connectivity index (χ3v) is 2.43. The van der Waals surface area contributed by atoms with Gasteiger partial charge in [-0.1, -0.05) is 6.92 Å². The quantitative estimate of drug-likeness (QED) is 0.776. The lowest BCUT2D eigenvalue weighted by molar-refractivity contribution is -0.123. The van der Waals surface area contributed by atoms with Crippen molar-refractivity contribution in [3.8, 4) is 0 Å². The number of carbonyl (C=O) groups is 1. The molecule has 1 aromatic heterocycles. The van der Waals surface area contributed by atoms with Crippen LogP contribution in [0.15, 0.2) is 24.5 Å². The number of nitrogens with two attached hydrogens (primary N) is 1. The molecule has 4 nitrogen and oxygen atoms in total. The number of likely N-dealkylation sites (N-methyl/N-ethyl adjacent to an activating group) is 1. The third kappa shape index (κ3) is 3.32. The molecule has 0 radical (unpaired) electrons. The highest BCUT2D eigenvalue weighted by molar-refractivity contribution is 5.79. The third-order valence-electron chi connectivity index (χ3n) is 2.43. The monoisotopic (exact) mass is 207 g/mol. The van der Waals surface area contributed by atoms with Gasteiger partial charge in [-0.25, -0.2) is 0 Å². The van der Waals surface area contributed by atoms with Gasteiger partial charge in [0, 0.05) is 18.9 Å². The van der Waals surface area contributed by atoms with Crippen LogP contribution in [0.2, 0.25) is 0 Å². The molecule has 2 N–H and O–H groups in total. The van der Waals surface area contributed by atoms with Crippen molar-refractivity contribution in [3.05, 3.63) is 30.1 Å². The van der Waals surface area contributed by atoms with E-state index in [0.29, 0.717) is 6.54 Å². The Hall–Kier alpha value is -1.42. The van der Waals surface area contributed by atoms with Gasteiger partial charge in [0.1, 0.15) is 0 Å². The number of primary amides is 1. The molecule has 0 aliphatic rings. The van der Waals surface area contributed by atoms with Crippen molar-refractivity contribution in [1.82, 2.24) is 9.88 Å². The highest BCUT2D eigenvalue weighted by atomic mass is 16.1. The molecule has 15 heavy (non-hydrogen) atoms. The van der Waals surface area contributed by atoms with E-state index in [1.165, 1.54) is 0 Å². The van der Waals surface area contributed by atoms with Gasteiger partial charge >= 0.3 is 0 Å². The maximum absolute atomic E-state index is 11.1. The Balaban J connectivity index is 2.62. The van der Waals surface area contributed by atoms with Gasteiger partial charge in [0.15, 0.2) is 0 Å². The molecule has 1 aromatic rings. The normalized spacial score (nSPS) is 12.7. The van der Waals surface area contributed by atoms with Gasteiger partial charge in [0.2, 0.25) is 5.91 Å². The minimum Gasteiger partial charge on any atom is -0.368 e. The molecule has 0 aliphatic carbocycles. The van der Waals surface area contributed by atoms with Crippen molar-refractivity contribution < 1.29 is 4.79 Å². The summed E-state index contributed by atoms with van der Waals surface area (Å²) in [6, 6.07) is 3.67. The molecule has 0 saturated carbocycles. The molecule has 4 heteroatoms. The molecule has 1 heterocycles. The molecule has 1 atom stereocenters. The number of rotatable bonds is 5. The maximum Gasteiger partial charge on any atom is 0.234 e. The summed E-state index contributed by atoms with van der Waals surface area (Å²) in [6.07, 6.45) is 4.22. The molecule has 0 bridgehead atoms. The summed E-state index contributed by atoms with van der Waals surface area (Å²) < 4.78 is 0. The minimum absolute atomic E-state index is 0.196. The summed E-state index contributed by atoms with van der Waals surface area (Å²) in [6.45, 7) is 2.67. The molecule has 0 spiro atoms. The second-order valence-electron chi connectivity index (χ2n) is 3.60. The smallest absolute Gasteiger partial charge is 0.234 e. The number of pyridine rings is 1. The van der Waals surface area contributed by atoms with Crippen molar-refractivity contribution in [2.45, 2.75) is 25.9 Å². The average Bonchev–Trinajstić information content (AvgIpc) is 2.19. The Morgan fingerprint density at radius 1 is 1.53 bits per heavy atom. The van der Waals surface area contributed by atoms with Crippen LogP contribution in [0, 0.1) is 0 Å². The summed E-state index contributed by atoms with van der Waals surface area (Å²) in [5.41, 5.74) is 6.44. The molecule has 0 fully saturated rings. The van der Waals surface area contributed by atoms with Gasteiger partial charge in [-0.15, -0.1) is 0 Å². The molecule has 0 aromatic carbocycles. The molecular weight excluding hydrogens is 190 g/mol. The number of hydrogen-bond donors (Lipinski definition) is 1. The molecule has 0 saturated heterocycles. The van der Waals surface area contributed by atoms with E-state index in [9.17, 15) is 4.79 Å². The first-order chi connectivity index (χ1) is 7.15. The van der Waals surface area contributed by atoms with E-state index in [-0.39, 0.29) is 11.9 Å². The lowest BCUT2D eigenvalue weighted by Crippen LogP contribution is -2.41. The largest absolute Gasteiger partial charge is 0.368 e. The zero-order valence-corrected chi connectivity index (χ0v) is 9.18. The first-order valence-electron chi connectivity index (χ1n) is 5.03. The van der Waals surface area contributed by atoms with E-state index in [4.69, 9.17) is 5.73 Å². The number of carbonyl (C=O) groups excluding carboxylic acids is 1. The number of amides is 1. The van der Waals surface area contributed by atoms with Crippen LogP contribution in [0.3, 0.4) is 0 Å². The van der Waals surface area contributed by atoms with Crippen LogP contribution in [-0.4, -0.2) is 28.9 Å². The van der Waals surface area contributed by atoms with Crippen molar-refractivity contribution >= 4 is 5.91 Å². The van der Waals surface area contributed by atoms with Gasteiger partial charge < -0.3 is 5.73 Å². The fourth-order valence-corrected chi connectivity index (χ4v) is 1.62. The van der Waals surface area contributed by atoms with Gasteiger partial charge in [0.25, 0.3) is 0 Å². The van der Waals surface area contributed by atoms with Crippen molar-refractivity contribution in [2.75, 3.05) is 7.05 Å². The summed E-state index contributed by atoms with van der Waals surface area (Å²) in [4.78, 5) is 17.0. The zero-order chi connectivity index (χ0) is 11.3. The van der Waals surface area contributed by atoms with Crippen LogP contribution in [0.1, 0.15) is 18.9 Å². The Kier molecular flexibility index (Phi) is 4.24. The lowest BCUT2D eigenvalue weighted by atomic mass is 10.1. The zero-order valence-electron chi connectivity index (χ0n) is 9.18. The first-order valence-corrected chi connectivity index (χ1v) is 5.03. The first kappa shape index (κ1) is 11.7. The minimum atomic E-state index is -0.269. The summed E-state index contributed by atoms with van der Waals surface area (Å²) in [7, 11) is 1.90. The van der Waals surface area contributed by atoms with Crippen LogP contribution in [-0.2, 0) is 11.3 Å². The average molecular weight is 207 g/mol. The highest BCUT2D eigenvalue weighted by Gasteiger charge is 2.18. The van der Waals surface area contributed by atoms with Crippen molar-refractivity contribution in [2.24, 2.45) is 5.73 Å². The molecule has 1 rings (SSSR count). The second kappa shape index (κ2) is 5.46. The summed E-state index contributed by atoms with van der Waals surface area (Å²) in [5.74, 6) is -0.269. The van der Waals surface area contributed by atoms with Gasteiger partial charge in [-0.2, -0.15) is 0 Å². The Morgan fingerprint density at radius 2 is 2.13 bits per heavy atom. The SMILES string of the molecule is CCC(C(N)=O)N(C)Cc1ccncc1. The topological polar surface area (TPSA) is 59.2 Å². The van der Waals surface area contributed by atoms with E-state index in [0.717, 1.165) is 12.0 Å². The van der Waals surface area contributed by atoms with E-state index < -0.39 is 0 Å². The van der Waals surface area contributed by atoms with Gasteiger partial charge in [-0.3, -0.25) is 14.7 Å². The van der Waals surface area contributed by atoms with Gasteiger partial charge in [-0.05, 0) is 31.2 Å². The van der Waals surface area contributed by atoms with Crippen molar-refractivity contribution in [3.63, 3.8) is 0 Å². The fraction of sp³-hybridized carbons (Fsp3) is 0.455. The molecular formula is C11H17N3O. The number of aromatic nitrogens is 1. The molecule has 1 amide bonds. The molecule has 1 unspecified atom stereocenters. The van der Waals surface area contributed by atoms with E-state index in [2.05, 4.69) is 4.98 Å². The van der Waals surface area contributed by atoms with Crippen LogP contribution >= 0.6 is 0 Å². The molecule has 0 aliphatic heterocycles. The number of nitrogens with zero attached hydrogens (tertiary/aromatic N) is 2. The van der Waals surface area contributed by atoms with Crippen LogP contribution in [0.4, 0.5) is 0 Å². The predicted octanol–water partition coefficient (Wildman–Crippen LogP) is 0.777. The Labute approximate surface area is 90.1 Å². The van der Waals surface area contributed by atoms with Gasteiger partial charge in [0.05, 0.1) is 6.04 Å². The molecule has 82 valence electrons. The standard InChI is InChI=1S/C11H17N3O/c1-3-10(11(12)15)14(2)8-9-4-6-13-7-5-9/h4-7,10H,3,8H2,1-2H3,(H2,12,15). The van der Waals surface area contributed by atoms with Crippen LogP contribution in [0.25, 0.3) is 0 Å². The maximum atomic E-state index is 11.1. The lowest BCUT2D eigenvalue weighted by Gasteiger charge is -2.24. The number of hydrogen-bond acceptors (Lipinski definition) is 3. The highest BCUT2D eigenvalue weighted by Crippen LogP contribution is 2.07. The second-order valence-corrected chi connectivity index (χ2v) is 3.60. The van der Waals surface area contributed by atoms with E-state index >= 15 is 0 Å². The Morgan fingerprint density at radius 3 is 2.60 bits per heavy atom. The summed E-state index contributed by atoms with van der Waals surface area (Å²) >= 11 is 0.